The first-order valence-electron chi connectivity index (χ1n) is 9.98. The Morgan fingerprint density at radius 1 is 1.06 bits per heavy atom. The van der Waals surface area contributed by atoms with Gasteiger partial charge in [-0.2, -0.15) is 10.1 Å². The highest BCUT2D eigenvalue weighted by Crippen LogP contribution is 2.34. The number of hydrazone groups is 1. The molecule has 0 unspecified atom stereocenters. The van der Waals surface area contributed by atoms with Crippen molar-refractivity contribution in [3.05, 3.63) is 83.2 Å². The SMILES string of the molecule is Cc1ccc2nc(N(/N=C/c3ccc(F)cc3)C(=O)c3ccc4c(c3)OCCO4)sc2c1. The Kier molecular flexibility index (Phi) is 5.28. The molecule has 0 atom stereocenters. The number of aryl methyl sites for hydroxylation is 1. The number of hydrogen-bond donors (Lipinski definition) is 0. The second kappa shape index (κ2) is 8.39. The minimum atomic E-state index is -0.365. The molecule has 2 heterocycles. The smallest absolute Gasteiger partial charge is 0.280 e. The van der Waals surface area contributed by atoms with Crippen LogP contribution in [0.1, 0.15) is 21.5 Å². The topological polar surface area (TPSA) is 64.0 Å². The summed E-state index contributed by atoms with van der Waals surface area (Å²) < 4.78 is 25.4. The fourth-order valence-electron chi connectivity index (χ4n) is 3.27. The third-order valence-electron chi connectivity index (χ3n) is 4.89. The highest BCUT2D eigenvalue weighted by molar-refractivity contribution is 7.22. The largest absolute Gasteiger partial charge is 0.486 e. The van der Waals surface area contributed by atoms with Gasteiger partial charge in [-0.05, 0) is 60.5 Å². The molecule has 0 aliphatic carbocycles. The van der Waals surface area contributed by atoms with Crippen molar-refractivity contribution in [2.75, 3.05) is 18.2 Å². The molecule has 160 valence electrons. The van der Waals surface area contributed by atoms with E-state index in [9.17, 15) is 9.18 Å². The van der Waals surface area contributed by atoms with Gasteiger partial charge in [0.2, 0.25) is 5.13 Å². The normalized spacial score (nSPS) is 12.9. The standard InChI is InChI=1S/C24H18FN3O3S/c1-15-2-8-19-22(12-15)32-24(27-19)28(26-14-16-3-6-18(25)7-4-16)23(29)17-5-9-20-21(13-17)31-11-10-30-20/h2-9,12-14H,10-11H2,1H3/b26-14+. The molecular weight excluding hydrogens is 429 g/mol. The lowest BCUT2D eigenvalue weighted by Crippen LogP contribution is -2.26. The number of nitrogens with zero attached hydrogens (tertiary/aromatic N) is 3. The van der Waals surface area contributed by atoms with Crippen LogP contribution in [-0.2, 0) is 0 Å². The van der Waals surface area contributed by atoms with Crippen molar-refractivity contribution >= 4 is 38.8 Å². The van der Waals surface area contributed by atoms with Gasteiger partial charge in [-0.3, -0.25) is 4.79 Å². The maximum Gasteiger partial charge on any atom is 0.280 e. The summed E-state index contributed by atoms with van der Waals surface area (Å²) in [5.74, 6) is 0.415. The van der Waals surface area contributed by atoms with E-state index in [1.165, 1.54) is 34.7 Å². The predicted molar refractivity (Wildman–Crippen MR) is 123 cm³/mol. The van der Waals surface area contributed by atoms with Gasteiger partial charge in [0.05, 0.1) is 16.4 Å². The molecule has 0 fully saturated rings. The zero-order chi connectivity index (χ0) is 22.1. The molecule has 0 N–H and O–H groups in total. The second-order valence-corrected chi connectivity index (χ2v) is 8.25. The minimum Gasteiger partial charge on any atom is -0.486 e. The molecule has 4 aromatic rings. The summed E-state index contributed by atoms with van der Waals surface area (Å²) >= 11 is 1.37. The summed E-state index contributed by atoms with van der Waals surface area (Å²) in [5, 5.41) is 6.10. The summed E-state index contributed by atoms with van der Waals surface area (Å²) in [6.45, 7) is 2.90. The van der Waals surface area contributed by atoms with Crippen LogP contribution in [0.3, 0.4) is 0 Å². The summed E-state index contributed by atoms with van der Waals surface area (Å²) in [6.07, 6.45) is 1.51. The van der Waals surface area contributed by atoms with Crippen molar-refractivity contribution < 1.29 is 18.7 Å². The fourth-order valence-corrected chi connectivity index (χ4v) is 4.29. The number of ether oxygens (including phenoxy) is 2. The van der Waals surface area contributed by atoms with Crippen LogP contribution >= 0.6 is 11.3 Å². The van der Waals surface area contributed by atoms with Gasteiger partial charge in [-0.25, -0.2) is 9.37 Å². The molecule has 1 aromatic heterocycles. The number of carbonyl (C=O) groups excluding carboxylic acids is 1. The minimum absolute atomic E-state index is 0.340. The number of anilines is 1. The van der Waals surface area contributed by atoms with E-state index in [-0.39, 0.29) is 11.7 Å². The van der Waals surface area contributed by atoms with Gasteiger partial charge in [0.25, 0.3) is 5.91 Å². The highest BCUT2D eigenvalue weighted by atomic mass is 32.1. The fraction of sp³-hybridized carbons (Fsp3) is 0.125. The Morgan fingerprint density at radius 3 is 2.66 bits per heavy atom. The third kappa shape index (κ3) is 4.04. The molecule has 0 radical (unpaired) electrons. The molecular formula is C24H18FN3O3S. The van der Waals surface area contributed by atoms with E-state index < -0.39 is 0 Å². The zero-order valence-corrected chi connectivity index (χ0v) is 17.9. The third-order valence-corrected chi connectivity index (χ3v) is 5.88. The van der Waals surface area contributed by atoms with Gasteiger partial charge in [0, 0.05) is 5.56 Å². The van der Waals surface area contributed by atoms with Gasteiger partial charge >= 0.3 is 0 Å². The maximum absolute atomic E-state index is 13.5. The van der Waals surface area contributed by atoms with Crippen molar-refractivity contribution in [3.8, 4) is 11.5 Å². The molecule has 1 aliphatic rings. The summed E-state index contributed by atoms with van der Waals surface area (Å²) in [4.78, 5) is 18.1. The van der Waals surface area contributed by atoms with E-state index in [0.717, 1.165) is 15.8 Å². The Labute approximate surface area is 187 Å². The molecule has 0 bridgehead atoms. The summed E-state index contributed by atoms with van der Waals surface area (Å²) in [7, 11) is 0. The summed E-state index contributed by atoms with van der Waals surface area (Å²) in [6, 6.07) is 16.8. The zero-order valence-electron chi connectivity index (χ0n) is 17.1. The number of rotatable bonds is 4. The average Bonchev–Trinajstić information content (AvgIpc) is 3.22. The molecule has 0 saturated heterocycles. The molecule has 8 heteroatoms. The monoisotopic (exact) mass is 447 g/mol. The van der Waals surface area contributed by atoms with E-state index in [1.54, 1.807) is 30.3 Å². The number of benzene rings is 3. The van der Waals surface area contributed by atoms with Gasteiger partial charge in [0.1, 0.15) is 19.0 Å². The van der Waals surface area contributed by atoms with E-state index in [0.29, 0.717) is 41.0 Å². The van der Waals surface area contributed by atoms with E-state index in [1.807, 2.05) is 25.1 Å². The Bertz CT molecular complexity index is 1330. The first-order chi connectivity index (χ1) is 15.6. The number of carbonyl (C=O) groups is 1. The van der Waals surface area contributed by atoms with Crippen molar-refractivity contribution in [2.24, 2.45) is 5.10 Å². The number of fused-ring (bicyclic) bond motifs is 2. The van der Waals surface area contributed by atoms with E-state index in [2.05, 4.69) is 10.1 Å². The first kappa shape index (κ1) is 20.1. The quantitative estimate of drug-likeness (QED) is 0.319. The number of amides is 1. The lowest BCUT2D eigenvalue weighted by Gasteiger charge is -2.19. The van der Waals surface area contributed by atoms with Gasteiger partial charge < -0.3 is 9.47 Å². The van der Waals surface area contributed by atoms with E-state index >= 15 is 0 Å². The first-order valence-corrected chi connectivity index (χ1v) is 10.8. The van der Waals surface area contributed by atoms with Crippen LogP contribution in [0.4, 0.5) is 9.52 Å². The molecule has 32 heavy (non-hydrogen) atoms. The van der Waals surface area contributed by atoms with Crippen LogP contribution in [-0.4, -0.2) is 30.3 Å². The Balaban J connectivity index is 1.54. The second-order valence-electron chi connectivity index (χ2n) is 7.24. The Morgan fingerprint density at radius 2 is 1.84 bits per heavy atom. The van der Waals surface area contributed by atoms with Gasteiger partial charge in [-0.15, -0.1) is 0 Å². The van der Waals surface area contributed by atoms with Crippen LogP contribution in [0.2, 0.25) is 0 Å². The number of halogens is 1. The molecule has 6 nitrogen and oxygen atoms in total. The van der Waals surface area contributed by atoms with Crippen LogP contribution < -0.4 is 14.5 Å². The van der Waals surface area contributed by atoms with E-state index in [4.69, 9.17) is 9.47 Å². The maximum atomic E-state index is 13.5. The predicted octanol–water partition coefficient (Wildman–Crippen LogP) is 5.20. The molecule has 3 aromatic carbocycles. The molecule has 1 amide bonds. The Hall–Kier alpha value is -3.78. The highest BCUT2D eigenvalue weighted by Gasteiger charge is 2.23. The molecule has 5 rings (SSSR count). The lowest BCUT2D eigenvalue weighted by atomic mass is 10.2. The molecule has 0 saturated carbocycles. The van der Waals surface area contributed by atoms with Crippen LogP contribution in [0.5, 0.6) is 11.5 Å². The van der Waals surface area contributed by atoms with Gasteiger partial charge in [0.15, 0.2) is 11.5 Å². The van der Waals surface area contributed by atoms with Crippen molar-refractivity contribution in [1.82, 2.24) is 4.98 Å². The number of hydrogen-bond acceptors (Lipinski definition) is 6. The van der Waals surface area contributed by atoms with Crippen LogP contribution in [0, 0.1) is 12.7 Å². The van der Waals surface area contributed by atoms with Crippen molar-refractivity contribution in [3.63, 3.8) is 0 Å². The van der Waals surface area contributed by atoms with Crippen LogP contribution in [0.15, 0.2) is 65.8 Å². The van der Waals surface area contributed by atoms with Crippen molar-refractivity contribution in [2.45, 2.75) is 6.92 Å². The lowest BCUT2D eigenvalue weighted by molar-refractivity contribution is 0.0986. The van der Waals surface area contributed by atoms with Gasteiger partial charge in [-0.1, -0.05) is 29.5 Å². The van der Waals surface area contributed by atoms with Crippen LogP contribution in [0.25, 0.3) is 10.2 Å². The van der Waals surface area contributed by atoms with Crippen molar-refractivity contribution in [1.29, 1.82) is 0 Å². The average molecular weight is 447 g/mol. The number of thiazole rings is 1. The molecule has 1 aliphatic heterocycles. The summed E-state index contributed by atoms with van der Waals surface area (Å²) in [5.41, 5.74) is 2.93. The molecule has 0 spiro atoms. The number of aromatic nitrogens is 1.